The molecule has 0 saturated heterocycles. The molecule has 0 N–H and O–H groups in total. The summed E-state index contributed by atoms with van der Waals surface area (Å²) in [5.74, 6) is 3.63. The molecule has 1 aromatic heterocycles. The highest BCUT2D eigenvalue weighted by molar-refractivity contribution is 6.29. The third kappa shape index (κ3) is 1.70. The van der Waals surface area contributed by atoms with E-state index in [0.717, 1.165) is 11.7 Å². The smallest absolute Gasteiger partial charge is 0.133 e. The molecule has 0 aliphatic heterocycles. The lowest BCUT2D eigenvalue weighted by molar-refractivity contribution is 0.565. The first-order valence-corrected chi connectivity index (χ1v) is 6.90. The van der Waals surface area contributed by atoms with E-state index in [9.17, 15) is 0 Å². The van der Waals surface area contributed by atoms with Crippen LogP contribution in [0.1, 0.15) is 49.0 Å². The fourth-order valence-electron chi connectivity index (χ4n) is 3.29. The number of allylic oxidation sites excluding steroid dienone is 2. The van der Waals surface area contributed by atoms with Crippen LogP contribution in [0.4, 0.5) is 0 Å². The Bertz CT molecular complexity index is 493. The highest BCUT2D eigenvalue weighted by Gasteiger charge is 2.38. The number of nitrogens with zero attached hydrogens (tertiary/aromatic N) is 2. The first-order valence-electron chi connectivity index (χ1n) is 6.52. The third-order valence-electron chi connectivity index (χ3n) is 4.33. The van der Waals surface area contributed by atoms with E-state index in [1.165, 1.54) is 31.4 Å². The van der Waals surface area contributed by atoms with Crippen LogP contribution in [0.15, 0.2) is 18.2 Å². The molecule has 88 valence electrons. The molecule has 2 fully saturated rings. The van der Waals surface area contributed by atoms with Crippen LogP contribution in [0.5, 0.6) is 0 Å². The normalized spacial score (nSPS) is 34.5. The predicted octanol–water partition coefficient (Wildman–Crippen LogP) is 3.69. The molecular weight excluding hydrogens is 232 g/mol. The summed E-state index contributed by atoms with van der Waals surface area (Å²) < 4.78 is 0. The Labute approximate surface area is 106 Å². The maximum absolute atomic E-state index is 6.13. The van der Waals surface area contributed by atoms with Crippen LogP contribution in [0.3, 0.4) is 0 Å². The minimum absolute atomic E-state index is 0.585. The van der Waals surface area contributed by atoms with Gasteiger partial charge in [-0.3, -0.25) is 0 Å². The van der Waals surface area contributed by atoms with Crippen molar-refractivity contribution in [2.45, 2.75) is 37.5 Å². The van der Waals surface area contributed by atoms with Gasteiger partial charge in [-0.1, -0.05) is 23.8 Å². The van der Waals surface area contributed by atoms with Crippen LogP contribution in [-0.4, -0.2) is 9.97 Å². The zero-order valence-electron chi connectivity index (χ0n) is 9.64. The van der Waals surface area contributed by atoms with E-state index < -0.39 is 0 Å². The van der Waals surface area contributed by atoms with Gasteiger partial charge in [0.05, 0.1) is 0 Å². The van der Waals surface area contributed by atoms with E-state index in [1.54, 1.807) is 0 Å². The average molecular weight is 247 g/mol. The highest BCUT2D eigenvalue weighted by Crippen LogP contribution is 2.49. The lowest BCUT2D eigenvalue weighted by Crippen LogP contribution is -2.09. The van der Waals surface area contributed by atoms with Gasteiger partial charge in [0.15, 0.2) is 0 Å². The number of hydrogen-bond donors (Lipinski definition) is 0. The minimum atomic E-state index is 0.585. The van der Waals surface area contributed by atoms with Crippen LogP contribution in [0.2, 0.25) is 5.15 Å². The Morgan fingerprint density at radius 2 is 2.00 bits per heavy atom. The molecule has 4 rings (SSSR count). The van der Waals surface area contributed by atoms with Crippen molar-refractivity contribution in [2.24, 2.45) is 11.8 Å². The van der Waals surface area contributed by atoms with Crippen LogP contribution in [-0.2, 0) is 0 Å². The number of fused-ring (bicyclic) bond motifs is 2. The summed E-state index contributed by atoms with van der Waals surface area (Å²) in [6, 6.07) is 1.98. The molecule has 2 nitrogen and oxygen atoms in total. The van der Waals surface area contributed by atoms with Crippen molar-refractivity contribution in [1.82, 2.24) is 9.97 Å². The first kappa shape index (κ1) is 10.1. The van der Waals surface area contributed by atoms with E-state index in [4.69, 9.17) is 16.6 Å². The maximum Gasteiger partial charge on any atom is 0.133 e. The number of halogens is 1. The molecule has 3 heteroatoms. The molecule has 2 bridgehead atoms. The Kier molecular flexibility index (Phi) is 2.10. The highest BCUT2D eigenvalue weighted by atomic mass is 35.5. The van der Waals surface area contributed by atoms with Gasteiger partial charge >= 0.3 is 0 Å². The molecule has 17 heavy (non-hydrogen) atoms. The molecule has 3 atom stereocenters. The predicted molar refractivity (Wildman–Crippen MR) is 67.1 cm³/mol. The fourth-order valence-corrected chi connectivity index (χ4v) is 3.49. The van der Waals surface area contributed by atoms with E-state index in [1.807, 2.05) is 6.07 Å². The van der Waals surface area contributed by atoms with Crippen LogP contribution < -0.4 is 0 Å². The van der Waals surface area contributed by atoms with Crippen LogP contribution in [0.25, 0.3) is 0 Å². The van der Waals surface area contributed by atoms with Crippen LogP contribution in [0, 0.1) is 11.8 Å². The zero-order chi connectivity index (χ0) is 11.4. The average Bonchev–Trinajstić information content (AvgIpc) is 2.97. The van der Waals surface area contributed by atoms with Crippen molar-refractivity contribution >= 4 is 11.6 Å². The van der Waals surface area contributed by atoms with E-state index in [-0.39, 0.29) is 0 Å². The summed E-state index contributed by atoms with van der Waals surface area (Å²) in [4.78, 5) is 9.13. The summed E-state index contributed by atoms with van der Waals surface area (Å²) in [5, 5.41) is 0.628. The Balaban J connectivity index is 1.71. The summed E-state index contributed by atoms with van der Waals surface area (Å²) in [5.41, 5.74) is 1.18. The molecule has 0 radical (unpaired) electrons. The first-order chi connectivity index (χ1) is 8.29. The summed E-state index contributed by atoms with van der Waals surface area (Å²) in [6.45, 7) is 0. The molecule has 2 saturated carbocycles. The second kappa shape index (κ2) is 3.55. The number of hydrogen-bond acceptors (Lipinski definition) is 2. The lowest BCUT2D eigenvalue weighted by Gasteiger charge is -2.18. The second-order valence-corrected chi connectivity index (χ2v) is 6.02. The van der Waals surface area contributed by atoms with Crippen molar-refractivity contribution in [2.75, 3.05) is 0 Å². The summed E-state index contributed by atoms with van der Waals surface area (Å²) >= 11 is 6.13. The van der Waals surface area contributed by atoms with Crippen molar-refractivity contribution < 1.29 is 0 Å². The van der Waals surface area contributed by atoms with E-state index in [0.29, 0.717) is 22.9 Å². The third-order valence-corrected chi connectivity index (χ3v) is 4.53. The summed E-state index contributed by atoms with van der Waals surface area (Å²) in [7, 11) is 0. The fraction of sp³-hybridized carbons (Fsp3) is 0.571. The van der Waals surface area contributed by atoms with Gasteiger partial charge < -0.3 is 0 Å². The van der Waals surface area contributed by atoms with Gasteiger partial charge in [0.25, 0.3) is 0 Å². The lowest BCUT2D eigenvalue weighted by atomic mass is 9.90. The monoisotopic (exact) mass is 246 g/mol. The second-order valence-electron chi connectivity index (χ2n) is 5.63. The Morgan fingerprint density at radius 1 is 1.12 bits per heavy atom. The maximum atomic E-state index is 6.13. The quantitative estimate of drug-likeness (QED) is 0.588. The number of aromatic nitrogens is 2. The van der Waals surface area contributed by atoms with Gasteiger partial charge in [-0.25, -0.2) is 9.97 Å². The minimum Gasteiger partial charge on any atom is -0.237 e. The van der Waals surface area contributed by atoms with Gasteiger partial charge in [0, 0.05) is 17.5 Å². The molecule has 0 spiro atoms. The topological polar surface area (TPSA) is 25.8 Å². The molecule has 3 unspecified atom stereocenters. The standard InChI is InChI=1S/C14H15ClN2/c15-13-7-12(16-14(17-13)9-3-4-9)11-6-8-1-2-10(11)5-8/h1-2,7-11H,3-6H2. The molecule has 0 amide bonds. The van der Waals surface area contributed by atoms with Gasteiger partial charge in [0.1, 0.15) is 11.0 Å². The SMILES string of the molecule is Clc1cc(C2CC3C=CC2C3)nc(C2CC2)n1. The van der Waals surface area contributed by atoms with Crippen molar-refractivity contribution in [3.05, 3.63) is 34.9 Å². The molecule has 3 aliphatic carbocycles. The van der Waals surface area contributed by atoms with Crippen molar-refractivity contribution in [3.8, 4) is 0 Å². The molecule has 0 aromatic carbocycles. The van der Waals surface area contributed by atoms with Gasteiger partial charge in [-0.15, -0.1) is 0 Å². The molecule has 3 aliphatic rings. The van der Waals surface area contributed by atoms with Gasteiger partial charge in [-0.2, -0.15) is 0 Å². The Hall–Kier alpha value is -0.890. The molecule has 1 aromatic rings. The van der Waals surface area contributed by atoms with Gasteiger partial charge in [0.2, 0.25) is 0 Å². The van der Waals surface area contributed by atoms with Crippen LogP contribution >= 0.6 is 11.6 Å². The van der Waals surface area contributed by atoms with E-state index >= 15 is 0 Å². The number of rotatable bonds is 2. The van der Waals surface area contributed by atoms with Crippen molar-refractivity contribution in [1.29, 1.82) is 0 Å². The Morgan fingerprint density at radius 3 is 2.65 bits per heavy atom. The van der Waals surface area contributed by atoms with Crippen molar-refractivity contribution in [3.63, 3.8) is 0 Å². The zero-order valence-corrected chi connectivity index (χ0v) is 10.4. The van der Waals surface area contributed by atoms with E-state index in [2.05, 4.69) is 17.1 Å². The largest absolute Gasteiger partial charge is 0.237 e. The molecular formula is C14H15ClN2. The molecule has 1 heterocycles. The van der Waals surface area contributed by atoms with Gasteiger partial charge in [-0.05, 0) is 43.6 Å². The summed E-state index contributed by atoms with van der Waals surface area (Å²) in [6.07, 6.45) is 9.76.